The second-order valence-corrected chi connectivity index (χ2v) is 4.60. The molecule has 0 aromatic rings. The molecular weight excluding hydrogens is 190 g/mol. The van der Waals surface area contributed by atoms with Crippen molar-refractivity contribution < 1.29 is 4.84 Å². The van der Waals surface area contributed by atoms with E-state index in [-0.39, 0.29) is 0 Å². The third-order valence-corrected chi connectivity index (χ3v) is 2.78. The maximum Gasteiger partial charge on any atom is 0.133 e. The number of likely N-dealkylation sites (N-methyl/N-ethyl adjacent to an activating group) is 1. The van der Waals surface area contributed by atoms with Gasteiger partial charge < -0.3 is 15.1 Å². The van der Waals surface area contributed by atoms with Crippen LogP contribution in [0.2, 0.25) is 0 Å². The molecule has 88 valence electrons. The smallest absolute Gasteiger partial charge is 0.133 e. The lowest BCUT2D eigenvalue weighted by Crippen LogP contribution is -2.50. The summed E-state index contributed by atoms with van der Waals surface area (Å²) in [7, 11) is 2.14. The molecule has 0 aromatic carbocycles. The molecule has 1 aliphatic rings. The van der Waals surface area contributed by atoms with Crippen LogP contribution < -0.4 is 5.32 Å². The van der Waals surface area contributed by atoms with Crippen LogP contribution in [-0.4, -0.2) is 49.9 Å². The molecule has 4 heteroatoms. The molecule has 1 saturated heterocycles. The van der Waals surface area contributed by atoms with Crippen LogP contribution in [-0.2, 0) is 4.84 Å². The summed E-state index contributed by atoms with van der Waals surface area (Å²) in [6.45, 7) is 10.1. The van der Waals surface area contributed by atoms with Gasteiger partial charge in [-0.2, -0.15) is 0 Å². The Labute approximate surface area is 92.7 Å². The van der Waals surface area contributed by atoms with Gasteiger partial charge >= 0.3 is 0 Å². The highest BCUT2D eigenvalue weighted by Gasteiger charge is 2.16. The van der Waals surface area contributed by atoms with Gasteiger partial charge in [0.2, 0.25) is 0 Å². The Morgan fingerprint density at radius 3 is 2.93 bits per heavy atom. The zero-order valence-corrected chi connectivity index (χ0v) is 10.3. The highest BCUT2D eigenvalue weighted by atomic mass is 16.6. The first kappa shape index (κ1) is 12.5. The SMILES string of the molecule is C/C(=N\OC[C@H]1CN(C)CCN1)C(C)C. The highest BCUT2D eigenvalue weighted by molar-refractivity contribution is 5.83. The summed E-state index contributed by atoms with van der Waals surface area (Å²) in [6.07, 6.45) is 0. The Kier molecular flexibility index (Phi) is 5.05. The van der Waals surface area contributed by atoms with E-state index >= 15 is 0 Å². The van der Waals surface area contributed by atoms with Crippen molar-refractivity contribution in [3.63, 3.8) is 0 Å². The molecule has 1 aliphatic heterocycles. The average Bonchev–Trinajstić information content (AvgIpc) is 2.17. The summed E-state index contributed by atoms with van der Waals surface area (Å²) in [5.74, 6) is 0.465. The molecule has 0 aromatic heterocycles. The normalized spacial score (nSPS) is 24.6. The number of hydrogen-bond acceptors (Lipinski definition) is 4. The summed E-state index contributed by atoms with van der Waals surface area (Å²) in [5.41, 5.74) is 1.05. The lowest BCUT2D eigenvalue weighted by atomic mass is 10.1. The number of rotatable bonds is 4. The molecule has 1 rings (SSSR count). The number of oxime groups is 1. The molecule has 1 heterocycles. The Bertz CT molecular complexity index is 216. The van der Waals surface area contributed by atoms with Crippen molar-refractivity contribution in [2.45, 2.75) is 26.8 Å². The first-order valence-corrected chi connectivity index (χ1v) is 5.68. The van der Waals surface area contributed by atoms with Crippen molar-refractivity contribution >= 4 is 5.71 Å². The van der Waals surface area contributed by atoms with E-state index in [1.807, 2.05) is 6.92 Å². The maximum atomic E-state index is 5.34. The van der Waals surface area contributed by atoms with Crippen molar-refractivity contribution in [2.24, 2.45) is 11.1 Å². The van der Waals surface area contributed by atoms with Crippen molar-refractivity contribution in [1.29, 1.82) is 0 Å². The third kappa shape index (κ3) is 4.62. The van der Waals surface area contributed by atoms with Gasteiger partial charge in [0.25, 0.3) is 0 Å². The van der Waals surface area contributed by atoms with E-state index in [0.29, 0.717) is 18.6 Å². The van der Waals surface area contributed by atoms with Gasteiger partial charge in [-0.1, -0.05) is 19.0 Å². The van der Waals surface area contributed by atoms with Gasteiger partial charge in [0.05, 0.1) is 11.8 Å². The van der Waals surface area contributed by atoms with Gasteiger partial charge in [-0.25, -0.2) is 0 Å². The first-order chi connectivity index (χ1) is 7.09. The van der Waals surface area contributed by atoms with Gasteiger partial charge in [0.15, 0.2) is 0 Å². The van der Waals surface area contributed by atoms with Crippen molar-refractivity contribution in [3.8, 4) is 0 Å². The lowest BCUT2D eigenvalue weighted by molar-refractivity contribution is 0.0927. The zero-order chi connectivity index (χ0) is 11.3. The molecule has 4 nitrogen and oxygen atoms in total. The summed E-state index contributed by atoms with van der Waals surface area (Å²) in [6, 6.07) is 0.410. The molecule has 0 amide bonds. The molecule has 0 unspecified atom stereocenters. The largest absolute Gasteiger partial charge is 0.394 e. The van der Waals surface area contributed by atoms with Gasteiger partial charge in [-0.05, 0) is 19.9 Å². The number of nitrogens with zero attached hydrogens (tertiary/aromatic N) is 2. The summed E-state index contributed by atoms with van der Waals surface area (Å²) >= 11 is 0. The van der Waals surface area contributed by atoms with E-state index in [1.165, 1.54) is 0 Å². The second kappa shape index (κ2) is 6.08. The summed E-state index contributed by atoms with van der Waals surface area (Å²) in [5, 5.41) is 7.52. The summed E-state index contributed by atoms with van der Waals surface area (Å²) in [4.78, 5) is 7.65. The molecule has 15 heavy (non-hydrogen) atoms. The Morgan fingerprint density at radius 1 is 1.60 bits per heavy atom. The quantitative estimate of drug-likeness (QED) is 0.558. The van der Waals surface area contributed by atoms with Gasteiger partial charge in [-0.15, -0.1) is 0 Å². The summed E-state index contributed by atoms with van der Waals surface area (Å²) < 4.78 is 0. The molecule has 1 N–H and O–H groups in total. The Balaban J connectivity index is 2.22. The lowest BCUT2D eigenvalue weighted by Gasteiger charge is -2.29. The van der Waals surface area contributed by atoms with E-state index in [0.717, 1.165) is 25.3 Å². The number of nitrogens with one attached hydrogen (secondary N) is 1. The fourth-order valence-electron chi connectivity index (χ4n) is 1.44. The van der Waals surface area contributed by atoms with Gasteiger partial charge in [0, 0.05) is 19.6 Å². The molecular formula is C11H23N3O. The minimum absolute atomic E-state index is 0.410. The van der Waals surface area contributed by atoms with Crippen LogP contribution in [0, 0.1) is 5.92 Å². The Hall–Kier alpha value is -0.610. The topological polar surface area (TPSA) is 36.9 Å². The fourth-order valence-corrected chi connectivity index (χ4v) is 1.44. The minimum atomic E-state index is 0.410. The van der Waals surface area contributed by atoms with Crippen LogP contribution in [0.1, 0.15) is 20.8 Å². The number of piperazine rings is 1. The zero-order valence-electron chi connectivity index (χ0n) is 10.3. The van der Waals surface area contributed by atoms with Crippen LogP contribution in [0.4, 0.5) is 0 Å². The van der Waals surface area contributed by atoms with E-state index in [9.17, 15) is 0 Å². The van der Waals surface area contributed by atoms with E-state index in [4.69, 9.17) is 4.84 Å². The maximum absolute atomic E-state index is 5.34. The predicted octanol–water partition coefficient (Wildman–Crippen LogP) is 0.938. The minimum Gasteiger partial charge on any atom is -0.394 e. The van der Waals surface area contributed by atoms with Crippen molar-refractivity contribution in [3.05, 3.63) is 0 Å². The predicted molar refractivity (Wildman–Crippen MR) is 63.2 cm³/mol. The molecule has 0 saturated carbocycles. The van der Waals surface area contributed by atoms with Crippen molar-refractivity contribution in [1.82, 2.24) is 10.2 Å². The van der Waals surface area contributed by atoms with E-state index < -0.39 is 0 Å². The third-order valence-electron chi connectivity index (χ3n) is 2.78. The standard InChI is InChI=1S/C11H23N3O/c1-9(2)10(3)13-15-8-11-7-14(4)6-5-12-11/h9,11-12H,5-8H2,1-4H3/b13-10+/t11-/m1/s1. The van der Waals surface area contributed by atoms with E-state index in [2.05, 4.69) is 36.3 Å². The van der Waals surface area contributed by atoms with Crippen LogP contribution in [0.15, 0.2) is 5.16 Å². The molecule has 0 radical (unpaired) electrons. The van der Waals surface area contributed by atoms with Crippen LogP contribution >= 0.6 is 0 Å². The van der Waals surface area contributed by atoms with Gasteiger partial charge in [0.1, 0.15) is 6.61 Å². The Morgan fingerprint density at radius 2 is 2.33 bits per heavy atom. The number of hydrogen-bond donors (Lipinski definition) is 1. The molecule has 1 fully saturated rings. The monoisotopic (exact) mass is 213 g/mol. The van der Waals surface area contributed by atoms with Gasteiger partial charge in [-0.3, -0.25) is 0 Å². The molecule has 1 atom stereocenters. The second-order valence-electron chi connectivity index (χ2n) is 4.60. The molecule has 0 spiro atoms. The molecule has 0 aliphatic carbocycles. The average molecular weight is 213 g/mol. The van der Waals surface area contributed by atoms with Crippen LogP contribution in [0.5, 0.6) is 0 Å². The fraction of sp³-hybridized carbons (Fsp3) is 0.909. The van der Waals surface area contributed by atoms with E-state index in [1.54, 1.807) is 0 Å². The van der Waals surface area contributed by atoms with Crippen molar-refractivity contribution in [2.75, 3.05) is 33.3 Å². The first-order valence-electron chi connectivity index (χ1n) is 5.68. The molecule has 0 bridgehead atoms. The highest BCUT2D eigenvalue weighted by Crippen LogP contribution is 2.00. The van der Waals surface area contributed by atoms with Crippen LogP contribution in [0.3, 0.4) is 0 Å². The van der Waals surface area contributed by atoms with Crippen LogP contribution in [0.25, 0.3) is 0 Å².